The van der Waals surface area contributed by atoms with E-state index in [1.165, 1.54) is 0 Å². The van der Waals surface area contributed by atoms with Crippen LogP contribution in [-0.4, -0.2) is 36.0 Å². The Bertz CT molecular complexity index is 513. The van der Waals surface area contributed by atoms with Crippen LogP contribution in [0.15, 0.2) is 24.5 Å². The van der Waals surface area contributed by atoms with Gasteiger partial charge in [0.05, 0.1) is 5.25 Å². The zero-order chi connectivity index (χ0) is 15.1. The van der Waals surface area contributed by atoms with E-state index in [9.17, 15) is 8.42 Å². The smallest absolute Gasteiger partial charge is 0.217 e. The standard InChI is InChI=1S/C15H25N3O2S/c16-9-5-11-18(13-14-6-4-10-17-12-14)21(19,20)15-7-2-1-3-8-15/h4,6,10,12,15H,1-3,5,7-9,11,13,16H2. The molecule has 1 heterocycles. The van der Waals surface area contributed by atoms with E-state index in [4.69, 9.17) is 5.73 Å². The highest BCUT2D eigenvalue weighted by Gasteiger charge is 2.32. The number of hydrogen-bond acceptors (Lipinski definition) is 4. The SMILES string of the molecule is NCCCN(Cc1cccnc1)S(=O)(=O)C1CCCCC1. The largest absolute Gasteiger partial charge is 0.330 e. The number of nitrogens with two attached hydrogens (primary N) is 1. The summed E-state index contributed by atoms with van der Waals surface area (Å²) in [6, 6.07) is 3.75. The summed E-state index contributed by atoms with van der Waals surface area (Å²) in [6.45, 7) is 1.39. The molecule has 0 atom stereocenters. The van der Waals surface area contributed by atoms with Crippen molar-refractivity contribution in [2.75, 3.05) is 13.1 Å². The highest BCUT2D eigenvalue weighted by Crippen LogP contribution is 2.27. The molecule has 0 radical (unpaired) electrons. The van der Waals surface area contributed by atoms with Gasteiger partial charge in [0, 0.05) is 25.5 Å². The van der Waals surface area contributed by atoms with Gasteiger partial charge in [-0.25, -0.2) is 8.42 Å². The summed E-state index contributed by atoms with van der Waals surface area (Å²) in [5.74, 6) is 0. The first-order valence-corrected chi connectivity index (χ1v) is 9.23. The molecular weight excluding hydrogens is 286 g/mol. The maximum absolute atomic E-state index is 12.9. The monoisotopic (exact) mass is 311 g/mol. The Balaban J connectivity index is 2.13. The molecule has 1 saturated carbocycles. The third-order valence-corrected chi connectivity index (χ3v) is 6.37. The Morgan fingerprint density at radius 2 is 2.05 bits per heavy atom. The van der Waals surface area contributed by atoms with E-state index in [1.54, 1.807) is 16.7 Å². The third kappa shape index (κ3) is 4.49. The summed E-state index contributed by atoms with van der Waals surface area (Å²) in [7, 11) is -3.24. The van der Waals surface area contributed by atoms with E-state index in [2.05, 4.69) is 4.98 Å². The number of sulfonamides is 1. The van der Waals surface area contributed by atoms with Crippen LogP contribution in [0, 0.1) is 0 Å². The number of nitrogens with zero attached hydrogens (tertiary/aromatic N) is 2. The molecule has 0 aliphatic heterocycles. The molecule has 0 saturated heterocycles. The Morgan fingerprint density at radius 3 is 2.67 bits per heavy atom. The van der Waals surface area contributed by atoms with Crippen LogP contribution in [0.1, 0.15) is 44.1 Å². The Hall–Kier alpha value is -0.980. The van der Waals surface area contributed by atoms with Gasteiger partial charge in [0.15, 0.2) is 0 Å². The minimum absolute atomic E-state index is 0.222. The highest BCUT2D eigenvalue weighted by molar-refractivity contribution is 7.89. The van der Waals surface area contributed by atoms with Crippen LogP contribution in [0.2, 0.25) is 0 Å². The summed E-state index contributed by atoms with van der Waals surface area (Å²) in [4.78, 5) is 4.07. The van der Waals surface area contributed by atoms with Gasteiger partial charge < -0.3 is 5.73 Å². The van der Waals surface area contributed by atoms with Crippen molar-refractivity contribution in [3.63, 3.8) is 0 Å². The number of hydrogen-bond donors (Lipinski definition) is 1. The quantitative estimate of drug-likeness (QED) is 0.834. The van der Waals surface area contributed by atoms with E-state index < -0.39 is 10.0 Å². The second-order valence-electron chi connectivity index (χ2n) is 5.64. The van der Waals surface area contributed by atoms with Gasteiger partial charge in [0.25, 0.3) is 0 Å². The first-order chi connectivity index (χ1) is 10.1. The van der Waals surface area contributed by atoms with E-state index in [0.717, 1.165) is 37.7 Å². The van der Waals surface area contributed by atoms with Crippen molar-refractivity contribution < 1.29 is 8.42 Å². The van der Waals surface area contributed by atoms with E-state index in [0.29, 0.717) is 26.1 Å². The maximum atomic E-state index is 12.9. The lowest BCUT2D eigenvalue weighted by Gasteiger charge is -2.29. The zero-order valence-electron chi connectivity index (χ0n) is 12.4. The van der Waals surface area contributed by atoms with E-state index in [-0.39, 0.29) is 5.25 Å². The lowest BCUT2D eigenvalue weighted by atomic mass is 10.0. The van der Waals surface area contributed by atoms with E-state index >= 15 is 0 Å². The van der Waals surface area contributed by atoms with Crippen LogP contribution >= 0.6 is 0 Å². The van der Waals surface area contributed by atoms with Gasteiger partial charge in [-0.2, -0.15) is 4.31 Å². The van der Waals surface area contributed by atoms with Crippen molar-refractivity contribution in [1.29, 1.82) is 0 Å². The molecule has 0 aromatic carbocycles. The molecule has 0 spiro atoms. The van der Waals surface area contributed by atoms with Crippen molar-refractivity contribution in [2.45, 2.75) is 50.3 Å². The Morgan fingerprint density at radius 1 is 1.29 bits per heavy atom. The Kier molecular flexibility index (Phi) is 6.14. The molecule has 0 unspecified atom stereocenters. The molecule has 1 aliphatic carbocycles. The summed E-state index contributed by atoms with van der Waals surface area (Å²) < 4.78 is 27.3. The van der Waals surface area contributed by atoms with Gasteiger partial charge in [-0.15, -0.1) is 0 Å². The molecule has 6 heteroatoms. The van der Waals surface area contributed by atoms with Gasteiger partial charge in [-0.1, -0.05) is 25.3 Å². The highest BCUT2D eigenvalue weighted by atomic mass is 32.2. The van der Waals surface area contributed by atoms with Crippen LogP contribution in [0.4, 0.5) is 0 Å². The average molecular weight is 311 g/mol. The normalized spacial score (nSPS) is 17.2. The van der Waals surface area contributed by atoms with Crippen LogP contribution in [0.3, 0.4) is 0 Å². The first-order valence-electron chi connectivity index (χ1n) is 7.72. The maximum Gasteiger partial charge on any atom is 0.217 e. The summed E-state index contributed by atoms with van der Waals surface area (Å²) in [5.41, 5.74) is 6.48. The van der Waals surface area contributed by atoms with Crippen LogP contribution in [-0.2, 0) is 16.6 Å². The van der Waals surface area contributed by atoms with E-state index in [1.807, 2.05) is 12.1 Å². The van der Waals surface area contributed by atoms with Crippen molar-refractivity contribution in [3.8, 4) is 0 Å². The van der Waals surface area contributed by atoms with Crippen molar-refractivity contribution in [1.82, 2.24) is 9.29 Å². The minimum Gasteiger partial charge on any atom is -0.330 e. The van der Waals surface area contributed by atoms with Gasteiger partial charge in [-0.3, -0.25) is 4.98 Å². The number of aromatic nitrogens is 1. The predicted octanol–water partition coefficient (Wildman–Crippen LogP) is 1.89. The second-order valence-corrected chi connectivity index (χ2v) is 7.86. The zero-order valence-corrected chi connectivity index (χ0v) is 13.3. The number of rotatable bonds is 7. The van der Waals surface area contributed by atoms with Crippen LogP contribution in [0.5, 0.6) is 0 Å². The lowest BCUT2D eigenvalue weighted by Crippen LogP contribution is -2.40. The fraction of sp³-hybridized carbons (Fsp3) is 0.667. The van der Waals surface area contributed by atoms with Gasteiger partial charge in [0.2, 0.25) is 10.0 Å². The molecule has 21 heavy (non-hydrogen) atoms. The van der Waals surface area contributed by atoms with Crippen molar-refractivity contribution >= 4 is 10.0 Å². The minimum atomic E-state index is -3.24. The molecular formula is C15H25N3O2S. The molecule has 5 nitrogen and oxygen atoms in total. The first kappa shape index (κ1) is 16.4. The van der Waals surface area contributed by atoms with Crippen LogP contribution < -0.4 is 5.73 Å². The second kappa shape index (κ2) is 7.87. The average Bonchev–Trinajstić information content (AvgIpc) is 2.53. The molecule has 0 bridgehead atoms. The van der Waals surface area contributed by atoms with Crippen molar-refractivity contribution in [3.05, 3.63) is 30.1 Å². The fourth-order valence-corrected chi connectivity index (χ4v) is 4.90. The molecule has 1 aromatic heterocycles. The summed E-state index contributed by atoms with van der Waals surface area (Å²) in [5, 5.41) is -0.222. The molecule has 2 N–H and O–H groups in total. The molecule has 1 aliphatic rings. The van der Waals surface area contributed by atoms with Gasteiger partial charge in [-0.05, 0) is 37.4 Å². The van der Waals surface area contributed by atoms with Crippen LogP contribution in [0.25, 0.3) is 0 Å². The molecule has 2 rings (SSSR count). The molecule has 0 amide bonds. The molecule has 118 valence electrons. The molecule has 1 fully saturated rings. The summed E-state index contributed by atoms with van der Waals surface area (Å²) >= 11 is 0. The lowest BCUT2D eigenvalue weighted by molar-refractivity contribution is 0.379. The van der Waals surface area contributed by atoms with Gasteiger partial charge in [0.1, 0.15) is 0 Å². The summed E-state index contributed by atoms with van der Waals surface area (Å²) in [6.07, 6.45) is 8.87. The topological polar surface area (TPSA) is 76.3 Å². The van der Waals surface area contributed by atoms with Gasteiger partial charge >= 0.3 is 0 Å². The number of pyridine rings is 1. The van der Waals surface area contributed by atoms with Crippen molar-refractivity contribution in [2.24, 2.45) is 5.73 Å². The Labute approximate surface area is 127 Å². The third-order valence-electron chi connectivity index (χ3n) is 4.03. The predicted molar refractivity (Wildman–Crippen MR) is 84.1 cm³/mol. The fourth-order valence-electron chi connectivity index (χ4n) is 2.83. The molecule has 1 aromatic rings.